The molecule has 0 fully saturated rings. The average molecular weight is 629 g/mol. The Balaban J connectivity index is 1.53. The minimum absolute atomic E-state index is 0.00793. The zero-order valence-corrected chi connectivity index (χ0v) is 24.8. The first-order chi connectivity index (χ1) is 22.1. The van der Waals surface area contributed by atoms with E-state index in [9.17, 15) is 34.5 Å². The Labute approximate surface area is 264 Å². The number of aromatic amines is 1. The van der Waals surface area contributed by atoms with Crippen molar-refractivity contribution in [2.45, 2.75) is 49.9 Å². The van der Waals surface area contributed by atoms with Crippen LogP contribution in [-0.4, -0.2) is 73.1 Å². The number of hydrogen-bond donors (Lipinski definition) is 8. The Morgan fingerprint density at radius 2 is 1.13 bits per heavy atom. The van der Waals surface area contributed by atoms with Gasteiger partial charge >= 0.3 is 5.97 Å². The molecule has 9 N–H and O–H groups in total. The van der Waals surface area contributed by atoms with E-state index in [1.54, 1.807) is 54.6 Å². The molecule has 13 heteroatoms. The lowest BCUT2D eigenvalue weighted by atomic mass is 10.0. The second-order valence-corrected chi connectivity index (χ2v) is 10.8. The predicted octanol–water partition coefficient (Wildman–Crippen LogP) is 0.958. The molecule has 4 rings (SSSR count). The number of nitrogens with zero attached hydrogens (tertiary/aromatic N) is 1. The third-order valence-electron chi connectivity index (χ3n) is 7.25. The van der Waals surface area contributed by atoms with Gasteiger partial charge in [0.2, 0.25) is 17.7 Å². The van der Waals surface area contributed by atoms with E-state index >= 15 is 0 Å². The molecule has 3 amide bonds. The molecule has 13 nitrogen and oxygen atoms in total. The van der Waals surface area contributed by atoms with Crippen molar-refractivity contribution < 1.29 is 34.5 Å². The molecule has 0 aliphatic carbocycles. The number of phenolic OH excluding ortho intramolecular Hbond substituents is 2. The van der Waals surface area contributed by atoms with Crippen molar-refractivity contribution in [3.8, 4) is 11.5 Å². The van der Waals surface area contributed by atoms with E-state index in [1.165, 1.54) is 36.8 Å². The number of aliphatic carboxylic acids is 1. The summed E-state index contributed by atoms with van der Waals surface area (Å²) in [6.45, 7) is 0. The van der Waals surface area contributed by atoms with E-state index < -0.39 is 47.9 Å². The van der Waals surface area contributed by atoms with Crippen LogP contribution in [-0.2, 0) is 44.9 Å². The van der Waals surface area contributed by atoms with Crippen LogP contribution in [0.25, 0.3) is 0 Å². The number of amides is 3. The number of aromatic nitrogens is 2. The summed E-state index contributed by atoms with van der Waals surface area (Å²) in [4.78, 5) is 59.4. The number of carboxylic acid groups (broad SMARTS) is 1. The highest BCUT2D eigenvalue weighted by atomic mass is 16.4. The van der Waals surface area contributed by atoms with Gasteiger partial charge < -0.3 is 42.0 Å². The number of carbonyl (C=O) groups is 4. The molecule has 46 heavy (non-hydrogen) atoms. The summed E-state index contributed by atoms with van der Waals surface area (Å²) in [6.07, 6.45) is 3.00. The molecule has 4 aromatic rings. The van der Waals surface area contributed by atoms with Gasteiger partial charge in [0.05, 0.1) is 12.4 Å². The van der Waals surface area contributed by atoms with Crippen LogP contribution in [0.4, 0.5) is 0 Å². The van der Waals surface area contributed by atoms with Gasteiger partial charge in [-0.1, -0.05) is 54.6 Å². The summed E-state index contributed by atoms with van der Waals surface area (Å²) in [5.41, 5.74) is 8.66. The van der Waals surface area contributed by atoms with Crippen LogP contribution >= 0.6 is 0 Å². The Morgan fingerprint density at radius 1 is 0.652 bits per heavy atom. The van der Waals surface area contributed by atoms with Gasteiger partial charge in [-0.3, -0.25) is 14.4 Å². The van der Waals surface area contributed by atoms with Gasteiger partial charge in [0.1, 0.15) is 29.6 Å². The Hall–Kier alpha value is -5.69. The number of benzene rings is 3. The molecule has 0 bridgehead atoms. The van der Waals surface area contributed by atoms with E-state index in [2.05, 4.69) is 25.9 Å². The predicted molar refractivity (Wildman–Crippen MR) is 167 cm³/mol. The summed E-state index contributed by atoms with van der Waals surface area (Å²) in [5, 5.41) is 37.0. The maximum atomic E-state index is 13.7. The second-order valence-electron chi connectivity index (χ2n) is 10.8. The van der Waals surface area contributed by atoms with Gasteiger partial charge in [-0.05, 0) is 47.4 Å². The van der Waals surface area contributed by atoms with Crippen LogP contribution in [0.15, 0.2) is 91.4 Å². The van der Waals surface area contributed by atoms with Crippen LogP contribution in [0.5, 0.6) is 11.5 Å². The van der Waals surface area contributed by atoms with Gasteiger partial charge in [0, 0.05) is 31.2 Å². The van der Waals surface area contributed by atoms with Crippen LogP contribution in [0.1, 0.15) is 22.4 Å². The van der Waals surface area contributed by atoms with Crippen molar-refractivity contribution in [3.05, 3.63) is 114 Å². The standard InChI is InChI=1S/C33H36N6O7/c34-26(14-21-6-10-24(40)11-7-21)30(42)37-28(17-23-18-35-19-36-23)32(44)38-27(15-22-8-12-25(41)13-9-22)31(43)39-29(33(45)46)16-20-4-2-1-3-5-20/h1-13,18-19,26-29,40-41H,14-17,34H2,(H,35,36)(H,37,42)(H,38,44)(H,39,43)(H,45,46). The van der Waals surface area contributed by atoms with Gasteiger partial charge in [-0.2, -0.15) is 0 Å². The number of imidazole rings is 1. The van der Waals surface area contributed by atoms with Gasteiger partial charge in [-0.15, -0.1) is 0 Å². The van der Waals surface area contributed by atoms with E-state index in [4.69, 9.17) is 5.73 Å². The van der Waals surface area contributed by atoms with Crippen LogP contribution in [0.3, 0.4) is 0 Å². The number of phenols is 2. The topological polar surface area (TPSA) is 220 Å². The number of aromatic hydroxyl groups is 2. The van der Waals surface area contributed by atoms with Crippen LogP contribution in [0, 0.1) is 0 Å². The van der Waals surface area contributed by atoms with Crippen molar-refractivity contribution in [3.63, 3.8) is 0 Å². The lowest BCUT2D eigenvalue weighted by Gasteiger charge is -2.25. The third-order valence-corrected chi connectivity index (χ3v) is 7.25. The van der Waals surface area contributed by atoms with E-state index in [-0.39, 0.29) is 37.2 Å². The van der Waals surface area contributed by atoms with E-state index in [0.29, 0.717) is 22.4 Å². The van der Waals surface area contributed by atoms with Gasteiger partial charge in [0.25, 0.3) is 0 Å². The number of nitrogens with two attached hydrogens (primary N) is 1. The summed E-state index contributed by atoms with van der Waals surface area (Å²) in [7, 11) is 0. The first-order valence-corrected chi connectivity index (χ1v) is 14.5. The minimum atomic E-state index is -1.28. The maximum absolute atomic E-state index is 13.7. The molecule has 240 valence electrons. The molecular weight excluding hydrogens is 592 g/mol. The SMILES string of the molecule is NC(Cc1ccc(O)cc1)C(=O)NC(Cc1cnc[nH]1)C(=O)NC(Cc1ccc(O)cc1)C(=O)NC(Cc1ccccc1)C(=O)O. The molecule has 1 heterocycles. The number of hydrogen-bond acceptors (Lipinski definition) is 8. The molecule has 0 spiro atoms. The third kappa shape index (κ3) is 9.92. The number of carboxylic acids is 1. The fraction of sp³-hybridized carbons (Fsp3) is 0.242. The number of carbonyl (C=O) groups excluding carboxylic acids is 3. The zero-order chi connectivity index (χ0) is 33.1. The van der Waals surface area contributed by atoms with Crippen molar-refractivity contribution in [1.29, 1.82) is 0 Å². The monoisotopic (exact) mass is 628 g/mol. The summed E-state index contributed by atoms with van der Waals surface area (Å²) in [6, 6.07) is 16.3. The van der Waals surface area contributed by atoms with Crippen molar-refractivity contribution in [1.82, 2.24) is 25.9 Å². The van der Waals surface area contributed by atoms with Crippen molar-refractivity contribution in [2.75, 3.05) is 0 Å². The highest BCUT2D eigenvalue weighted by Gasteiger charge is 2.31. The van der Waals surface area contributed by atoms with E-state index in [1.807, 2.05) is 0 Å². The average Bonchev–Trinajstić information content (AvgIpc) is 3.55. The number of H-pyrrole nitrogens is 1. The van der Waals surface area contributed by atoms with Crippen molar-refractivity contribution >= 4 is 23.7 Å². The molecule has 4 atom stereocenters. The first-order valence-electron chi connectivity index (χ1n) is 14.5. The lowest BCUT2D eigenvalue weighted by molar-refractivity contribution is -0.142. The Morgan fingerprint density at radius 3 is 1.67 bits per heavy atom. The quantitative estimate of drug-likeness (QED) is 0.0938. The largest absolute Gasteiger partial charge is 0.508 e. The normalized spacial score (nSPS) is 13.5. The first kappa shape index (κ1) is 33.2. The van der Waals surface area contributed by atoms with Crippen LogP contribution < -0.4 is 21.7 Å². The summed E-state index contributed by atoms with van der Waals surface area (Å²) in [5.74, 6) is -3.26. The fourth-order valence-electron chi connectivity index (χ4n) is 4.75. The van der Waals surface area contributed by atoms with Gasteiger partial charge in [-0.25, -0.2) is 9.78 Å². The number of rotatable bonds is 15. The highest BCUT2D eigenvalue weighted by Crippen LogP contribution is 2.14. The molecule has 0 aliphatic rings. The molecule has 4 unspecified atom stereocenters. The van der Waals surface area contributed by atoms with Gasteiger partial charge in [0.15, 0.2) is 0 Å². The molecule has 1 aromatic heterocycles. The Bertz CT molecular complexity index is 1600. The highest BCUT2D eigenvalue weighted by molar-refractivity contribution is 5.94. The maximum Gasteiger partial charge on any atom is 0.326 e. The minimum Gasteiger partial charge on any atom is -0.508 e. The van der Waals surface area contributed by atoms with Crippen LogP contribution in [0.2, 0.25) is 0 Å². The molecule has 0 saturated heterocycles. The van der Waals surface area contributed by atoms with Crippen molar-refractivity contribution in [2.24, 2.45) is 5.73 Å². The number of nitrogens with one attached hydrogen (secondary N) is 4. The zero-order valence-electron chi connectivity index (χ0n) is 24.8. The summed E-state index contributed by atoms with van der Waals surface area (Å²) < 4.78 is 0. The Kier molecular flexibility index (Phi) is 11.5. The second kappa shape index (κ2) is 15.9. The molecular formula is C33H36N6O7. The molecule has 0 saturated carbocycles. The summed E-state index contributed by atoms with van der Waals surface area (Å²) >= 11 is 0. The molecule has 0 radical (unpaired) electrons. The fourth-order valence-corrected chi connectivity index (χ4v) is 4.75. The molecule has 3 aromatic carbocycles. The smallest absolute Gasteiger partial charge is 0.326 e. The van der Waals surface area contributed by atoms with E-state index in [0.717, 1.165) is 0 Å². The molecule has 0 aliphatic heterocycles. The lowest BCUT2D eigenvalue weighted by Crippen LogP contribution is -2.58.